The molecule has 2 amide bonds. The molecular formula is C23H24N4O4. The van der Waals surface area contributed by atoms with E-state index in [1.165, 1.54) is 17.0 Å². The van der Waals surface area contributed by atoms with Crippen molar-refractivity contribution >= 4 is 17.5 Å². The molecule has 2 aromatic heterocycles. The van der Waals surface area contributed by atoms with Gasteiger partial charge in [-0.25, -0.2) is 4.68 Å². The van der Waals surface area contributed by atoms with Gasteiger partial charge in [-0.1, -0.05) is 6.07 Å². The van der Waals surface area contributed by atoms with E-state index in [0.717, 1.165) is 16.8 Å². The highest BCUT2D eigenvalue weighted by atomic mass is 16.3. The van der Waals surface area contributed by atoms with Crippen molar-refractivity contribution in [3.8, 4) is 11.5 Å². The van der Waals surface area contributed by atoms with Gasteiger partial charge in [0.05, 0.1) is 18.7 Å². The molecule has 8 heteroatoms. The molecule has 160 valence electrons. The number of anilines is 1. The quantitative estimate of drug-likeness (QED) is 0.660. The second-order valence-corrected chi connectivity index (χ2v) is 7.72. The van der Waals surface area contributed by atoms with Crippen molar-refractivity contribution < 1.29 is 14.0 Å². The van der Waals surface area contributed by atoms with Gasteiger partial charge in [-0.05, 0) is 55.3 Å². The maximum atomic E-state index is 12.6. The summed E-state index contributed by atoms with van der Waals surface area (Å²) in [4.78, 5) is 38.8. The number of furan rings is 1. The van der Waals surface area contributed by atoms with E-state index in [9.17, 15) is 14.4 Å². The molecule has 1 aromatic carbocycles. The number of aromatic nitrogens is 2. The smallest absolute Gasteiger partial charge is 0.266 e. The third kappa shape index (κ3) is 4.42. The van der Waals surface area contributed by atoms with Crippen LogP contribution in [0, 0.1) is 19.8 Å². The standard InChI is InChI=1S/C23H24N4O4/c1-15-5-6-18(12-16(15)2)26-14-17(13-22(26)29)23(30)24-9-10-27-21(28)8-7-19(25-27)20-4-3-11-31-20/h3-8,11-12,17H,9-10,13-14H2,1-2H3,(H,24,30). The summed E-state index contributed by atoms with van der Waals surface area (Å²) in [5.41, 5.74) is 3.36. The molecule has 3 aromatic rings. The summed E-state index contributed by atoms with van der Waals surface area (Å²) < 4.78 is 6.60. The molecule has 0 spiro atoms. The molecular weight excluding hydrogens is 396 g/mol. The zero-order valence-electron chi connectivity index (χ0n) is 17.5. The lowest BCUT2D eigenvalue weighted by Crippen LogP contribution is -2.36. The summed E-state index contributed by atoms with van der Waals surface area (Å²) in [6.07, 6.45) is 1.71. The van der Waals surface area contributed by atoms with E-state index in [4.69, 9.17) is 4.42 Å². The minimum Gasteiger partial charge on any atom is -0.463 e. The van der Waals surface area contributed by atoms with E-state index in [2.05, 4.69) is 10.4 Å². The monoisotopic (exact) mass is 420 g/mol. The Hall–Kier alpha value is -3.68. The number of aryl methyl sites for hydroxylation is 2. The molecule has 1 fully saturated rings. The largest absolute Gasteiger partial charge is 0.463 e. The van der Waals surface area contributed by atoms with Crippen LogP contribution in [0.2, 0.25) is 0 Å². The van der Waals surface area contributed by atoms with Crippen LogP contribution in [0.1, 0.15) is 17.5 Å². The second-order valence-electron chi connectivity index (χ2n) is 7.72. The van der Waals surface area contributed by atoms with Gasteiger partial charge in [0, 0.05) is 31.3 Å². The number of carbonyl (C=O) groups excluding carboxylic acids is 2. The van der Waals surface area contributed by atoms with E-state index in [1.54, 1.807) is 23.1 Å². The molecule has 1 aliphatic heterocycles. The average Bonchev–Trinajstić information content (AvgIpc) is 3.41. The van der Waals surface area contributed by atoms with Crippen LogP contribution in [-0.4, -0.2) is 34.7 Å². The Morgan fingerprint density at radius 2 is 2.00 bits per heavy atom. The first kappa shape index (κ1) is 20.6. The zero-order chi connectivity index (χ0) is 22.0. The fourth-order valence-corrected chi connectivity index (χ4v) is 3.62. The van der Waals surface area contributed by atoms with Gasteiger partial charge in [0.15, 0.2) is 5.76 Å². The van der Waals surface area contributed by atoms with E-state index in [-0.39, 0.29) is 36.9 Å². The van der Waals surface area contributed by atoms with E-state index in [0.29, 0.717) is 18.0 Å². The van der Waals surface area contributed by atoms with Crippen LogP contribution < -0.4 is 15.8 Å². The average molecular weight is 420 g/mol. The molecule has 1 atom stereocenters. The van der Waals surface area contributed by atoms with Gasteiger partial charge in [-0.3, -0.25) is 14.4 Å². The summed E-state index contributed by atoms with van der Waals surface area (Å²) in [6, 6.07) is 12.4. The van der Waals surface area contributed by atoms with Crippen LogP contribution in [0.15, 0.2) is 57.9 Å². The van der Waals surface area contributed by atoms with Crippen molar-refractivity contribution in [3.05, 3.63) is 70.2 Å². The molecule has 1 saturated heterocycles. The van der Waals surface area contributed by atoms with Crippen molar-refractivity contribution in [2.24, 2.45) is 5.92 Å². The predicted octanol–water partition coefficient (Wildman–Crippen LogP) is 2.29. The molecule has 1 N–H and O–H groups in total. The molecule has 1 aliphatic rings. The van der Waals surface area contributed by atoms with Crippen LogP contribution >= 0.6 is 0 Å². The topological polar surface area (TPSA) is 97.4 Å². The molecule has 8 nitrogen and oxygen atoms in total. The molecule has 0 aliphatic carbocycles. The number of nitrogens with zero attached hydrogens (tertiary/aromatic N) is 3. The van der Waals surface area contributed by atoms with Gasteiger partial charge in [0.25, 0.3) is 5.56 Å². The predicted molar refractivity (Wildman–Crippen MR) is 116 cm³/mol. The highest BCUT2D eigenvalue weighted by molar-refractivity contribution is 6.00. The summed E-state index contributed by atoms with van der Waals surface area (Å²) in [5, 5.41) is 7.11. The number of rotatable bonds is 6. The fraction of sp³-hybridized carbons (Fsp3) is 0.304. The third-order valence-electron chi connectivity index (χ3n) is 5.56. The molecule has 3 heterocycles. The summed E-state index contributed by atoms with van der Waals surface area (Å²) in [5.74, 6) is -0.121. The molecule has 1 unspecified atom stereocenters. The normalized spacial score (nSPS) is 16.0. The Morgan fingerprint density at radius 1 is 1.16 bits per heavy atom. The van der Waals surface area contributed by atoms with Crippen molar-refractivity contribution in [3.63, 3.8) is 0 Å². The summed E-state index contributed by atoms with van der Waals surface area (Å²) >= 11 is 0. The van der Waals surface area contributed by atoms with Gasteiger partial charge < -0.3 is 14.6 Å². The first-order valence-corrected chi connectivity index (χ1v) is 10.2. The molecule has 31 heavy (non-hydrogen) atoms. The Balaban J connectivity index is 1.35. The minimum absolute atomic E-state index is 0.0626. The van der Waals surface area contributed by atoms with Gasteiger partial charge >= 0.3 is 0 Å². The van der Waals surface area contributed by atoms with Crippen LogP contribution in [0.4, 0.5) is 5.69 Å². The number of hydrogen-bond donors (Lipinski definition) is 1. The van der Waals surface area contributed by atoms with E-state index in [1.807, 2.05) is 32.0 Å². The highest BCUT2D eigenvalue weighted by Crippen LogP contribution is 2.26. The number of benzene rings is 1. The van der Waals surface area contributed by atoms with Gasteiger partial charge in [-0.2, -0.15) is 5.10 Å². The minimum atomic E-state index is -0.423. The SMILES string of the molecule is Cc1ccc(N2CC(C(=O)NCCn3nc(-c4ccco4)ccc3=O)CC2=O)cc1C. The molecule has 0 saturated carbocycles. The zero-order valence-corrected chi connectivity index (χ0v) is 17.5. The lowest BCUT2D eigenvalue weighted by atomic mass is 10.1. The van der Waals surface area contributed by atoms with Gasteiger partial charge in [0.1, 0.15) is 5.69 Å². The second kappa shape index (κ2) is 8.59. The Labute approximate surface area is 179 Å². The molecule has 0 radical (unpaired) electrons. The Kier molecular flexibility index (Phi) is 5.70. The van der Waals surface area contributed by atoms with Crippen molar-refractivity contribution in [2.75, 3.05) is 18.0 Å². The van der Waals surface area contributed by atoms with Crippen LogP contribution in [0.3, 0.4) is 0 Å². The number of amides is 2. The Bertz CT molecular complexity index is 1170. The summed E-state index contributed by atoms with van der Waals surface area (Å²) in [6.45, 7) is 4.83. The lowest BCUT2D eigenvalue weighted by Gasteiger charge is -2.18. The Morgan fingerprint density at radius 3 is 2.74 bits per heavy atom. The number of nitrogens with one attached hydrogen (secondary N) is 1. The van der Waals surface area contributed by atoms with Crippen molar-refractivity contribution in [1.82, 2.24) is 15.1 Å². The molecule has 0 bridgehead atoms. The van der Waals surface area contributed by atoms with E-state index < -0.39 is 5.92 Å². The van der Waals surface area contributed by atoms with Crippen molar-refractivity contribution in [1.29, 1.82) is 0 Å². The number of carbonyl (C=O) groups is 2. The highest BCUT2D eigenvalue weighted by Gasteiger charge is 2.35. The molecule has 4 rings (SSSR count). The van der Waals surface area contributed by atoms with Crippen LogP contribution in [-0.2, 0) is 16.1 Å². The van der Waals surface area contributed by atoms with Crippen LogP contribution in [0.25, 0.3) is 11.5 Å². The third-order valence-corrected chi connectivity index (χ3v) is 5.56. The maximum Gasteiger partial charge on any atom is 0.266 e. The first-order valence-electron chi connectivity index (χ1n) is 10.2. The first-order chi connectivity index (χ1) is 14.9. The van der Waals surface area contributed by atoms with Crippen molar-refractivity contribution in [2.45, 2.75) is 26.8 Å². The number of hydrogen-bond acceptors (Lipinski definition) is 5. The maximum absolute atomic E-state index is 12.6. The van der Waals surface area contributed by atoms with Gasteiger partial charge in [0.2, 0.25) is 11.8 Å². The van der Waals surface area contributed by atoms with Crippen LogP contribution in [0.5, 0.6) is 0 Å². The van der Waals surface area contributed by atoms with E-state index >= 15 is 0 Å². The summed E-state index contributed by atoms with van der Waals surface area (Å²) in [7, 11) is 0. The van der Waals surface area contributed by atoms with Gasteiger partial charge in [-0.15, -0.1) is 0 Å². The fourth-order valence-electron chi connectivity index (χ4n) is 3.62. The lowest BCUT2D eigenvalue weighted by molar-refractivity contribution is -0.126.